The van der Waals surface area contributed by atoms with Crippen LogP contribution < -0.4 is 0 Å². The van der Waals surface area contributed by atoms with Gasteiger partial charge in [0, 0.05) is 50.6 Å². The van der Waals surface area contributed by atoms with Crippen LogP contribution in [0.25, 0.3) is 11.1 Å². The Bertz CT molecular complexity index is 918. The maximum atomic E-state index is 13.4. The molecule has 0 N–H and O–H groups in total. The fourth-order valence-electron chi connectivity index (χ4n) is 4.09. The van der Waals surface area contributed by atoms with Crippen molar-refractivity contribution in [3.63, 3.8) is 0 Å². The van der Waals surface area contributed by atoms with Crippen LogP contribution in [0.15, 0.2) is 61.4 Å². The normalized spacial score (nSPS) is 17.4. The van der Waals surface area contributed by atoms with E-state index in [0.29, 0.717) is 39.0 Å². The molecule has 1 aliphatic heterocycles. The van der Waals surface area contributed by atoms with Gasteiger partial charge in [-0.25, -0.2) is 0 Å². The van der Waals surface area contributed by atoms with Gasteiger partial charge in [0.25, 0.3) is 0 Å². The average Bonchev–Trinajstić information content (AvgIpc) is 2.88. The number of benzene rings is 1. The van der Waals surface area contributed by atoms with E-state index in [9.17, 15) is 9.59 Å². The SMILES string of the molecule is C=CCN1CCN(C(=O)CC(C)(C)C)CC(Cc2ccccc2-c2cccnc2)C1=O. The van der Waals surface area contributed by atoms with Crippen LogP contribution in [-0.2, 0) is 16.0 Å². The maximum absolute atomic E-state index is 13.4. The number of nitrogens with zero attached hydrogens (tertiary/aromatic N) is 3. The fourth-order valence-corrected chi connectivity index (χ4v) is 4.09. The predicted octanol–water partition coefficient (Wildman–Crippen LogP) is 4.20. The Morgan fingerprint density at radius 3 is 2.65 bits per heavy atom. The predicted molar refractivity (Wildman–Crippen MR) is 124 cm³/mol. The molecule has 1 aromatic carbocycles. The highest BCUT2D eigenvalue weighted by Crippen LogP contribution is 2.27. The molecule has 0 aliphatic carbocycles. The largest absolute Gasteiger partial charge is 0.340 e. The number of rotatable bonds is 6. The number of pyridine rings is 1. The van der Waals surface area contributed by atoms with Crippen LogP contribution >= 0.6 is 0 Å². The lowest BCUT2D eigenvalue weighted by molar-refractivity contribution is -0.135. The molecule has 3 rings (SSSR count). The van der Waals surface area contributed by atoms with Gasteiger partial charge >= 0.3 is 0 Å². The first kappa shape index (κ1) is 22.7. The maximum Gasteiger partial charge on any atom is 0.228 e. The van der Waals surface area contributed by atoms with Crippen molar-refractivity contribution in [1.82, 2.24) is 14.8 Å². The summed E-state index contributed by atoms with van der Waals surface area (Å²) in [6.45, 7) is 12.1. The number of carbonyl (C=O) groups excluding carboxylic acids is 2. The Kier molecular flexibility index (Phi) is 7.26. The van der Waals surface area contributed by atoms with E-state index in [2.05, 4.69) is 44.5 Å². The van der Waals surface area contributed by atoms with Crippen molar-refractivity contribution in [2.45, 2.75) is 33.6 Å². The topological polar surface area (TPSA) is 53.5 Å². The standard InChI is InChI=1S/C26H33N3O2/c1-5-13-28-14-15-29(24(30)17-26(2,3)4)19-22(25(28)31)16-20-9-6-7-11-23(20)21-10-8-12-27-18-21/h5-12,18,22H,1,13-17,19H2,2-4H3. The molecule has 5 heteroatoms. The molecule has 1 unspecified atom stereocenters. The van der Waals surface area contributed by atoms with E-state index >= 15 is 0 Å². The van der Waals surface area contributed by atoms with Gasteiger partial charge in [0.1, 0.15) is 0 Å². The fraction of sp³-hybridized carbons (Fsp3) is 0.423. The van der Waals surface area contributed by atoms with Gasteiger partial charge in [0.2, 0.25) is 11.8 Å². The van der Waals surface area contributed by atoms with Gasteiger partial charge in [-0.15, -0.1) is 6.58 Å². The van der Waals surface area contributed by atoms with E-state index in [-0.39, 0.29) is 23.1 Å². The van der Waals surface area contributed by atoms with Crippen LogP contribution in [0.4, 0.5) is 0 Å². The van der Waals surface area contributed by atoms with Crippen LogP contribution in [0.5, 0.6) is 0 Å². The molecule has 1 atom stereocenters. The molecule has 2 amide bonds. The van der Waals surface area contributed by atoms with Gasteiger partial charge in [-0.3, -0.25) is 14.6 Å². The van der Waals surface area contributed by atoms with Crippen molar-refractivity contribution in [2.24, 2.45) is 11.3 Å². The molecule has 164 valence electrons. The number of amides is 2. The number of carbonyl (C=O) groups is 2. The van der Waals surface area contributed by atoms with E-state index in [1.165, 1.54) is 0 Å². The van der Waals surface area contributed by atoms with Crippen molar-refractivity contribution < 1.29 is 9.59 Å². The van der Waals surface area contributed by atoms with Crippen molar-refractivity contribution in [1.29, 1.82) is 0 Å². The quantitative estimate of drug-likeness (QED) is 0.660. The van der Waals surface area contributed by atoms with Crippen LogP contribution in [0.2, 0.25) is 0 Å². The summed E-state index contributed by atoms with van der Waals surface area (Å²) in [5, 5.41) is 0. The molecule has 1 saturated heterocycles. The average molecular weight is 420 g/mol. The van der Waals surface area contributed by atoms with E-state index in [0.717, 1.165) is 16.7 Å². The Labute approximate surface area is 185 Å². The van der Waals surface area contributed by atoms with Gasteiger partial charge in [-0.2, -0.15) is 0 Å². The van der Waals surface area contributed by atoms with E-state index in [1.807, 2.05) is 40.3 Å². The van der Waals surface area contributed by atoms with Gasteiger partial charge in [0.05, 0.1) is 5.92 Å². The third kappa shape index (κ3) is 6.03. The summed E-state index contributed by atoms with van der Waals surface area (Å²) in [5.41, 5.74) is 3.12. The molecule has 0 bridgehead atoms. The molecule has 1 fully saturated rings. The Balaban J connectivity index is 1.89. The third-order valence-electron chi connectivity index (χ3n) is 5.58. The summed E-state index contributed by atoms with van der Waals surface area (Å²) in [5.74, 6) is -0.0811. The Hall–Kier alpha value is -2.95. The van der Waals surface area contributed by atoms with Crippen molar-refractivity contribution in [3.05, 3.63) is 67.0 Å². The van der Waals surface area contributed by atoms with E-state index in [4.69, 9.17) is 0 Å². The first-order valence-corrected chi connectivity index (χ1v) is 10.9. The molecule has 31 heavy (non-hydrogen) atoms. The number of hydrogen-bond acceptors (Lipinski definition) is 3. The van der Waals surface area contributed by atoms with Crippen LogP contribution in [-0.4, -0.2) is 52.8 Å². The minimum absolute atomic E-state index is 0.0867. The summed E-state index contributed by atoms with van der Waals surface area (Å²) in [6, 6.07) is 12.1. The summed E-state index contributed by atoms with van der Waals surface area (Å²) < 4.78 is 0. The zero-order valence-corrected chi connectivity index (χ0v) is 18.9. The molecular formula is C26H33N3O2. The van der Waals surface area contributed by atoms with Crippen LogP contribution in [0.3, 0.4) is 0 Å². The highest BCUT2D eigenvalue weighted by atomic mass is 16.2. The summed E-state index contributed by atoms with van der Waals surface area (Å²) in [7, 11) is 0. The first-order chi connectivity index (χ1) is 14.8. The molecule has 5 nitrogen and oxygen atoms in total. The number of aromatic nitrogens is 1. The summed E-state index contributed by atoms with van der Waals surface area (Å²) in [4.78, 5) is 34.3. The monoisotopic (exact) mass is 419 g/mol. The second kappa shape index (κ2) is 9.90. The molecule has 0 spiro atoms. The van der Waals surface area contributed by atoms with Crippen LogP contribution in [0, 0.1) is 11.3 Å². The second-order valence-electron chi connectivity index (χ2n) is 9.45. The molecule has 0 radical (unpaired) electrons. The molecule has 2 aromatic rings. The van der Waals surface area contributed by atoms with Gasteiger partial charge in [-0.05, 0) is 29.0 Å². The Morgan fingerprint density at radius 2 is 1.97 bits per heavy atom. The molecule has 2 heterocycles. The van der Waals surface area contributed by atoms with Crippen LogP contribution in [0.1, 0.15) is 32.8 Å². The molecule has 1 aromatic heterocycles. The lowest BCUT2D eigenvalue weighted by Gasteiger charge is -2.27. The number of hydrogen-bond donors (Lipinski definition) is 0. The van der Waals surface area contributed by atoms with Crippen molar-refractivity contribution >= 4 is 11.8 Å². The lowest BCUT2D eigenvalue weighted by Crippen LogP contribution is -2.39. The zero-order chi connectivity index (χ0) is 22.4. The van der Waals surface area contributed by atoms with Gasteiger partial charge < -0.3 is 9.80 Å². The minimum Gasteiger partial charge on any atom is -0.340 e. The summed E-state index contributed by atoms with van der Waals surface area (Å²) >= 11 is 0. The molecule has 0 saturated carbocycles. The van der Waals surface area contributed by atoms with Crippen molar-refractivity contribution in [3.8, 4) is 11.1 Å². The van der Waals surface area contributed by atoms with E-state index < -0.39 is 0 Å². The highest BCUT2D eigenvalue weighted by molar-refractivity contribution is 5.83. The first-order valence-electron chi connectivity index (χ1n) is 10.9. The molecular weight excluding hydrogens is 386 g/mol. The minimum atomic E-state index is -0.288. The van der Waals surface area contributed by atoms with Gasteiger partial charge in [0.15, 0.2) is 0 Å². The smallest absolute Gasteiger partial charge is 0.228 e. The second-order valence-corrected chi connectivity index (χ2v) is 9.45. The van der Waals surface area contributed by atoms with E-state index in [1.54, 1.807) is 12.3 Å². The highest BCUT2D eigenvalue weighted by Gasteiger charge is 2.33. The third-order valence-corrected chi connectivity index (χ3v) is 5.58. The Morgan fingerprint density at radius 1 is 1.19 bits per heavy atom. The van der Waals surface area contributed by atoms with Crippen molar-refractivity contribution in [2.75, 3.05) is 26.2 Å². The summed E-state index contributed by atoms with van der Waals surface area (Å²) in [6.07, 6.45) is 6.41. The molecule has 1 aliphatic rings. The van der Waals surface area contributed by atoms with Gasteiger partial charge in [-0.1, -0.05) is 57.2 Å². The lowest BCUT2D eigenvalue weighted by atomic mass is 9.90. The zero-order valence-electron chi connectivity index (χ0n) is 18.9.